The van der Waals surface area contributed by atoms with Gasteiger partial charge in [0.2, 0.25) is 5.91 Å². The maximum Gasteiger partial charge on any atom is 0.223 e. The number of aryl methyl sites for hydroxylation is 1. The van der Waals surface area contributed by atoms with Crippen molar-refractivity contribution in [2.45, 2.75) is 45.1 Å². The van der Waals surface area contributed by atoms with Crippen molar-refractivity contribution in [3.8, 4) is 21.8 Å². The maximum absolute atomic E-state index is 11.6. The first-order valence-corrected chi connectivity index (χ1v) is 11.1. The van der Waals surface area contributed by atoms with Crippen LogP contribution in [0.5, 0.6) is 0 Å². The number of hydrogen-bond donors (Lipinski definition) is 2. The second-order valence-electron chi connectivity index (χ2n) is 7.79. The van der Waals surface area contributed by atoms with E-state index in [1.807, 2.05) is 12.1 Å². The third-order valence-electron chi connectivity index (χ3n) is 5.59. The Morgan fingerprint density at radius 2 is 2.23 bits per heavy atom. The van der Waals surface area contributed by atoms with Gasteiger partial charge in [0.15, 0.2) is 5.13 Å². The number of nitrogens with two attached hydrogens (primary N) is 1. The largest absolute Gasteiger partial charge is 0.384 e. The number of hydrogen-bond acceptors (Lipinski definition) is 7. The molecule has 1 fully saturated rings. The molecule has 5 rings (SSSR count). The first-order chi connectivity index (χ1) is 14.6. The highest BCUT2D eigenvalue weighted by molar-refractivity contribution is 7.19. The molecule has 4 heterocycles. The minimum absolute atomic E-state index is 0.109. The van der Waals surface area contributed by atoms with Crippen molar-refractivity contribution in [1.82, 2.24) is 19.7 Å². The fourth-order valence-corrected chi connectivity index (χ4v) is 5.37. The molecule has 0 radical (unpaired) electrons. The molecular weight excluding hydrogens is 400 g/mol. The zero-order chi connectivity index (χ0) is 20.7. The van der Waals surface area contributed by atoms with Crippen molar-refractivity contribution in [3.05, 3.63) is 29.6 Å². The van der Waals surface area contributed by atoms with Crippen molar-refractivity contribution in [3.63, 3.8) is 0 Å². The van der Waals surface area contributed by atoms with Crippen LogP contribution in [-0.4, -0.2) is 38.9 Å². The van der Waals surface area contributed by atoms with E-state index in [1.54, 1.807) is 6.20 Å². The average Bonchev–Trinajstić information content (AvgIpc) is 3.25. The molecule has 0 aromatic carbocycles. The zero-order valence-electron chi connectivity index (χ0n) is 16.9. The molecule has 3 aromatic rings. The molecule has 0 bridgehead atoms. The summed E-state index contributed by atoms with van der Waals surface area (Å²) in [5, 5.41) is 8.56. The number of rotatable bonds is 3. The lowest BCUT2D eigenvalue weighted by Crippen LogP contribution is -2.23. The number of nitrogens with one attached hydrogen (secondary N) is 1. The minimum atomic E-state index is -0.109. The molecule has 1 unspecified atom stereocenters. The number of amides is 1. The molecule has 1 saturated heterocycles. The Balaban J connectivity index is 1.69. The summed E-state index contributed by atoms with van der Waals surface area (Å²) in [6, 6.07) is 3.97. The Kier molecular flexibility index (Phi) is 5.00. The van der Waals surface area contributed by atoms with Crippen molar-refractivity contribution in [2.75, 3.05) is 24.3 Å². The number of fused-ring (bicyclic) bond motifs is 3. The minimum Gasteiger partial charge on any atom is -0.384 e. The van der Waals surface area contributed by atoms with E-state index in [1.165, 1.54) is 23.8 Å². The molecule has 8 nitrogen and oxygen atoms in total. The van der Waals surface area contributed by atoms with Crippen molar-refractivity contribution in [2.24, 2.45) is 0 Å². The standard InChI is InChI=1S/C21H24N6O2S/c1-12(28)24-21-25-16-6-2-5-15-18(13-7-8-17(22)23-10-13)26-27(19(15)20(16)30-21)14-4-3-9-29-11-14/h7-8,10,14H,2-6,9,11H2,1H3,(H2,22,23)(H,24,25,28). The monoisotopic (exact) mass is 424 g/mol. The van der Waals surface area contributed by atoms with Crippen LogP contribution < -0.4 is 11.1 Å². The average molecular weight is 425 g/mol. The Morgan fingerprint density at radius 3 is 2.97 bits per heavy atom. The Labute approximate surface area is 178 Å². The van der Waals surface area contributed by atoms with Gasteiger partial charge >= 0.3 is 0 Å². The molecule has 0 spiro atoms. The van der Waals surface area contributed by atoms with Gasteiger partial charge in [0.25, 0.3) is 0 Å². The van der Waals surface area contributed by atoms with Crippen LogP contribution in [0.3, 0.4) is 0 Å². The van der Waals surface area contributed by atoms with Gasteiger partial charge < -0.3 is 15.8 Å². The van der Waals surface area contributed by atoms with Crippen LogP contribution in [0.1, 0.15) is 43.5 Å². The van der Waals surface area contributed by atoms with Gasteiger partial charge in [-0.2, -0.15) is 5.10 Å². The van der Waals surface area contributed by atoms with E-state index in [-0.39, 0.29) is 11.9 Å². The van der Waals surface area contributed by atoms with Gasteiger partial charge in [-0.25, -0.2) is 9.97 Å². The highest BCUT2D eigenvalue weighted by atomic mass is 32.1. The Bertz CT molecular complexity index is 1080. The third kappa shape index (κ3) is 3.48. The van der Waals surface area contributed by atoms with Crippen LogP contribution in [0, 0.1) is 0 Å². The number of nitrogens with zero attached hydrogens (tertiary/aromatic N) is 4. The van der Waals surface area contributed by atoms with E-state index in [4.69, 9.17) is 20.6 Å². The van der Waals surface area contributed by atoms with Gasteiger partial charge in [0.05, 0.1) is 34.6 Å². The van der Waals surface area contributed by atoms with Gasteiger partial charge in [0, 0.05) is 30.9 Å². The van der Waals surface area contributed by atoms with Gasteiger partial charge in [-0.05, 0) is 44.2 Å². The topological polar surface area (TPSA) is 108 Å². The molecule has 1 atom stereocenters. The number of nitrogen functional groups attached to an aromatic ring is 1. The lowest BCUT2D eigenvalue weighted by molar-refractivity contribution is -0.114. The van der Waals surface area contributed by atoms with Crippen LogP contribution in [0.15, 0.2) is 18.3 Å². The van der Waals surface area contributed by atoms with E-state index in [9.17, 15) is 4.79 Å². The molecular formula is C21H24N6O2S. The van der Waals surface area contributed by atoms with Gasteiger partial charge in [-0.3, -0.25) is 9.48 Å². The summed E-state index contributed by atoms with van der Waals surface area (Å²) < 4.78 is 7.92. The summed E-state index contributed by atoms with van der Waals surface area (Å²) in [6.45, 7) is 2.96. The summed E-state index contributed by atoms with van der Waals surface area (Å²) in [5.74, 6) is 0.386. The van der Waals surface area contributed by atoms with Gasteiger partial charge in [0.1, 0.15) is 5.82 Å². The number of carbonyl (C=O) groups is 1. The number of carbonyl (C=O) groups excluding carboxylic acids is 1. The van der Waals surface area contributed by atoms with Crippen LogP contribution >= 0.6 is 11.3 Å². The summed E-state index contributed by atoms with van der Waals surface area (Å²) >= 11 is 1.53. The van der Waals surface area contributed by atoms with E-state index in [2.05, 4.69) is 15.0 Å². The number of pyridine rings is 1. The number of aromatic nitrogens is 4. The molecule has 3 aromatic heterocycles. The van der Waals surface area contributed by atoms with Crippen LogP contribution in [0.4, 0.5) is 10.9 Å². The smallest absolute Gasteiger partial charge is 0.223 e. The summed E-state index contributed by atoms with van der Waals surface area (Å²) in [4.78, 5) is 21.7. The molecule has 9 heteroatoms. The third-order valence-corrected chi connectivity index (χ3v) is 6.61. The molecule has 0 saturated carbocycles. The predicted molar refractivity (Wildman–Crippen MR) is 116 cm³/mol. The Hall–Kier alpha value is -2.78. The SMILES string of the molecule is CC(=O)Nc1nc2c(s1)-c1c(c(-c3ccc(N)nc3)nn1C1CCCOC1)CCC2. The fourth-order valence-electron chi connectivity index (χ4n) is 4.25. The summed E-state index contributed by atoms with van der Waals surface area (Å²) in [5.41, 5.74) is 11.1. The molecule has 1 aliphatic heterocycles. The van der Waals surface area contributed by atoms with E-state index in [0.717, 1.165) is 66.2 Å². The van der Waals surface area contributed by atoms with Crippen molar-refractivity contribution >= 4 is 28.2 Å². The lowest BCUT2D eigenvalue weighted by Gasteiger charge is -2.24. The first kappa shape index (κ1) is 19.2. The molecule has 1 amide bonds. The second kappa shape index (κ2) is 7.81. The Morgan fingerprint density at radius 1 is 1.33 bits per heavy atom. The maximum atomic E-state index is 11.6. The van der Waals surface area contributed by atoms with Crippen LogP contribution in [0.2, 0.25) is 0 Å². The van der Waals surface area contributed by atoms with Crippen LogP contribution in [-0.2, 0) is 22.4 Å². The van der Waals surface area contributed by atoms with E-state index < -0.39 is 0 Å². The van der Waals surface area contributed by atoms with Gasteiger partial charge in [-0.15, -0.1) is 0 Å². The quantitative estimate of drug-likeness (QED) is 0.667. The molecule has 30 heavy (non-hydrogen) atoms. The number of anilines is 2. The van der Waals surface area contributed by atoms with E-state index >= 15 is 0 Å². The van der Waals surface area contributed by atoms with E-state index in [0.29, 0.717) is 17.6 Å². The molecule has 1 aliphatic carbocycles. The summed E-state index contributed by atoms with van der Waals surface area (Å²) in [6.07, 6.45) is 6.61. The zero-order valence-corrected chi connectivity index (χ0v) is 17.7. The highest BCUT2D eigenvalue weighted by Crippen LogP contribution is 2.44. The number of thiazole rings is 1. The normalized spacial score (nSPS) is 18.4. The predicted octanol–water partition coefficient (Wildman–Crippen LogP) is 3.45. The van der Waals surface area contributed by atoms with Crippen molar-refractivity contribution < 1.29 is 9.53 Å². The summed E-state index contributed by atoms with van der Waals surface area (Å²) in [7, 11) is 0. The fraction of sp³-hybridized carbons (Fsp3) is 0.429. The molecule has 2 aliphatic rings. The van der Waals surface area contributed by atoms with Crippen molar-refractivity contribution in [1.29, 1.82) is 0 Å². The lowest BCUT2D eigenvalue weighted by atomic mass is 10.0. The second-order valence-corrected chi connectivity index (χ2v) is 8.79. The van der Waals surface area contributed by atoms with Crippen LogP contribution in [0.25, 0.3) is 21.8 Å². The number of ether oxygens (including phenoxy) is 1. The molecule has 156 valence electrons. The first-order valence-electron chi connectivity index (χ1n) is 10.3. The highest BCUT2D eigenvalue weighted by Gasteiger charge is 2.31. The van der Waals surface area contributed by atoms with Gasteiger partial charge in [-0.1, -0.05) is 11.3 Å². The molecule has 3 N–H and O–H groups in total.